The molecule has 0 spiro atoms. The molecule has 1 aromatic carbocycles. The SMILES string of the molecule is O=C(c1ccc2ncoc2n1)c1cc(CCCN[SH](=O)=O)cc(F)c1F. The quantitative estimate of drug-likeness (QED) is 0.367. The Kier molecular flexibility index (Phi) is 5.33. The number of thiol groups is 1. The Morgan fingerprint density at radius 3 is 2.81 bits per heavy atom. The van der Waals surface area contributed by atoms with Crippen LogP contribution in [0.3, 0.4) is 0 Å². The van der Waals surface area contributed by atoms with Crippen LogP contribution in [0.1, 0.15) is 28.0 Å². The highest BCUT2D eigenvalue weighted by Crippen LogP contribution is 2.20. The number of halogens is 2. The molecule has 3 rings (SSSR count). The van der Waals surface area contributed by atoms with Gasteiger partial charge in [-0.25, -0.2) is 31.9 Å². The van der Waals surface area contributed by atoms with Crippen LogP contribution in [0.15, 0.2) is 35.1 Å². The van der Waals surface area contributed by atoms with Crippen molar-refractivity contribution in [2.24, 2.45) is 0 Å². The van der Waals surface area contributed by atoms with Crippen LogP contribution < -0.4 is 4.72 Å². The number of carbonyl (C=O) groups excluding carboxylic acids is 1. The Bertz CT molecular complexity index is 1040. The molecular formula is C16H13F2N3O4S. The summed E-state index contributed by atoms with van der Waals surface area (Å²) >= 11 is 0. The molecule has 0 fully saturated rings. The van der Waals surface area contributed by atoms with Crippen LogP contribution in [0.5, 0.6) is 0 Å². The minimum absolute atomic E-state index is 0.102. The molecule has 7 nitrogen and oxygen atoms in total. The van der Waals surface area contributed by atoms with Gasteiger partial charge in [0.05, 0.1) is 5.56 Å². The van der Waals surface area contributed by atoms with Gasteiger partial charge in [-0.2, -0.15) is 0 Å². The van der Waals surface area contributed by atoms with Gasteiger partial charge in [0.15, 0.2) is 18.0 Å². The highest BCUT2D eigenvalue weighted by Gasteiger charge is 2.20. The number of pyridine rings is 1. The van der Waals surface area contributed by atoms with Crippen LogP contribution in [0.4, 0.5) is 8.78 Å². The van der Waals surface area contributed by atoms with Crippen molar-refractivity contribution in [1.82, 2.24) is 14.7 Å². The van der Waals surface area contributed by atoms with Crippen molar-refractivity contribution in [3.05, 3.63) is 59.1 Å². The number of rotatable bonds is 7. The highest BCUT2D eigenvalue weighted by atomic mass is 32.2. The predicted octanol–water partition coefficient (Wildman–Crippen LogP) is 1.78. The number of nitrogens with one attached hydrogen (secondary N) is 1. The van der Waals surface area contributed by atoms with Gasteiger partial charge < -0.3 is 4.42 Å². The Hall–Kier alpha value is -2.72. The van der Waals surface area contributed by atoms with Gasteiger partial charge >= 0.3 is 0 Å². The van der Waals surface area contributed by atoms with E-state index >= 15 is 0 Å². The van der Waals surface area contributed by atoms with Crippen molar-refractivity contribution in [3.8, 4) is 0 Å². The molecule has 0 saturated carbocycles. The highest BCUT2D eigenvalue weighted by molar-refractivity contribution is 7.70. The maximum absolute atomic E-state index is 14.1. The zero-order valence-corrected chi connectivity index (χ0v) is 14.1. The lowest BCUT2D eigenvalue weighted by Crippen LogP contribution is -2.13. The van der Waals surface area contributed by atoms with Gasteiger partial charge in [-0.1, -0.05) is 0 Å². The Labute approximate surface area is 148 Å². The third-order valence-corrected chi connectivity index (χ3v) is 4.13. The standard InChI is InChI=1S/C16H13F2N3O4S/c17-11-7-9(2-1-5-20-26(23)24)6-10(14(11)18)15(22)12-3-4-13-16(21-12)25-8-19-13/h3-4,6-8,26H,1-2,5H2,(H,20,23,24). The van der Waals surface area contributed by atoms with Crippen molar-refractivity contribution < 1.29 is 26.4 Å². The largest absolute Gasteiger partial charge is 0.425 e. The molecule has 2 heterocycles. The van der Waals surface area contributed by atoms with Gasteiger partial charge in [0.25, 0.3) is 0 Å². The second-order valence-corrected chi connectivity index (χ2v) is 6.24. The summed E-state index contributed by atoms with van der Waals surface area (Å²) in [6, 6.07) is 5.07. The van der Waals surface area contributed by atoms with Crippen LogP contribution in [0.2, 0.25) is 0 Å². The maximum atomic E-state index is 14.1. The molecule has 3 aromatic rings. The first kappa shape index (κ1) is 18.1. The molecule has 0 bridgehead atoms. The molecule has 0 amide bonds. The Balaban J connectivity index is 1.86. The zero-order chi connectivity index (χ0) is 18.7. The minimum atomic E-state index is -2.71. The summed E-state index contributed by atoms with van der Waals surface area (Å²) in [6.07, 6.45) is 1.79. The molecule has 10 heteroatoms. The molecule has 0 aliphatic heterocycles. The minimum Gasteiger partial charge on any atom is -0.425 e. The number of hydrogen-bond acceptors (Lipinski definition) is 6. The number of aryl methyl sites for hydroxylation is 1. The van der Waals surface area contributed by atoms with Crippen LogP contribution in [0.25, 0.3) is 11.2 Å². The van der Waals surface area contributed by atoms with E-state index < -0.39 is 33.9 Å². The van der Waals surface area contributed by atoms with E-state index in [0.29, 0.717) is 17.5 Å². The van der Waals surface area contributed by atoms with Crippen molar-refractivity contribution >= 4 is 27.9 Å². The summed E-state index contributed by atoms with van der Waals surface area (Å²) in [5, 5.41) is 0. The van der Waals surface area contributed by atoms with Crippen LogP contribution >= 0.6 is 0 Å². The monoisotopic (exact) mass is 381 g/mol. The fourth-order valence-electron chi connectivity index (χ4n) is 2.43. The number of oxazole rings is 1. The van der Waals surface area contributed by atoms with Crippen molar-refractivity contribution in [2.75, 3.05) is 6.54 Å². The van der Waals surface area contributed by atoms with E-state index in [1.807, 2.05) is 0 Å². The second kappa shape index (κ2) is 7.67. The summed E-state index contributed by atoms with van der Waals surface area (Å²) in [4.78, 5) is 20.4. The number of benzene rings is 1. The third-order valence-electron chi connectivity index (χ3n) is 3.64. The average Bonchev–Trinajstić information content (AvgIpc) is 3.08. The summed E-state index contributed by atoms with van der Waals surface area (Å²) in [5.74, 6) is -3.21. The normalized spacial score (nSPS) is 11.3. The first-order chi connectivity index (χ1) is 12.5. The van der Waals surface area contributed by atoms with Gasteiger partial charge in [-0.05, 0) is 42.7 Å². The van der Waals surface area contributed by atoms with Gasteiger partial charge in [0.1, 0.15) is 11.2 Å². The number of aromatic nitrogens is 2. The van der Waals surface area contributed by atoms with E-state index in [2.05, 4.69) is 14.7 Å². The fraction of sp³-hybridized carbons (Fsp3) is 0.188. The molecule has 0 aliphatic carbocycles. The molecular weight excluding hydrogens is 368 g/mol. The van der Waals surface area contributed by atoms with E-state index in [1.54, 1.807) is 0 Å². The van der Waals surface area contributed by atoms with E-state index in [9.17, 15) is 22.0 Å². The third kappa shape index (κ3) is 3.92. The number of ketones is 1. The van der Waals surface area contributed by atoms with Crippen molar-refractivity contribution in [3.63, 3.8) is 0 Å². The van der Waals surface area contributed by atoms with E-state index in [-0.39, 0.29) is 24.4 Å². The smallest absolute Gasteiger partial charge is 0.247 e. The average molecular weight is 381 g/mol. The lowest BCUT2D eigenvalue weighted by Gasteiger charge is -2.07. The number of fused-ring (bicyclic) bond motifs is 1. The predicted molar refractivity (Wildman–Crippen MR) is 88.2 cm³/mol. The molecule has 0 radical (unpaired) electrons. The van der Waals surface area contributed by atoms with E-state index in [1.165, 1.54) is 18.2 Å². The van der Waals surface area contributed by atoms with Crippen LogP contribution in [-0.2, 0) is 17.3 Å². The molecule has 1 N–H and O–H groups in total. The van der Waals surface area contributed by atoms with Gasteiger partial charge in [-0.15, -0.1) is 0 Å². The fourth-order valence-corrected chi connectivity index (χ4v) is 2.77. The molecule has 2 aromatic heterocycles. The molecule has 0 saturated heterocycles. The van der Waals surface area contributed by atoms with Crippen LogP contribution in [0, 0.1) is 11.6 Å². The number of hydrogen-bond donors (Lipinski definition) is 2. The lowest BCUT2D eigenvalue weighted by molar-refractivity contribution is 0.102. The van der Waals surface area contributed by atoms with Gasteiger partial charge in [0.2, 0.25) is 22.4 Å². The topological polar surface area (TPSA) is 102 Å². The number of nitrogens with zero attached hydrogens (tertiary/aromatic N) is 2. The summed E-state index contributed by atoms with van der Waals surface area (Å²) < 4.78 is 56.1. The van der Waals surface area contributed by atoms with Crippen molar-refractivity contribution in [1.29, 1.82) is 0 Å². The van der Waals surface area contributed by atoms with E-state index in [4.69, 9.17) is 4.42 Å². The van der Waals surface area contributed by atoms with E-state index in [0.717, 1.165) is 12.5 Å². The molecule has 136 valence electrons. The van der Waals surface area contributed by atoms with Crippen LogP contribution in [-0.4, -0.2) is 30.7 Å². The molecule has 26 heavy (non-hydrogen) atoms. The van der Waals surface area contributed by atoms with Crippen molar-refractivity contribution in [2.45, 2.75) is 12.8 Å². The first-order valence-electron chi connectivity index (χ1n) is 7.56. The molecule has 0 unspecified atom stereocenters. The Morgan fingerprint density at radius 2 is 2.04 bits per heavy atom. The summed E-state index contributed by atoms with van der Waals surface area (Å²) in [7, 11) is -2.71. The van der Waals surface area contributed by atoms with Gasteiger partial charge in [0, 0.05) is 6.54 Å². The lowest BCUT2D eigenvalue weighted by atomic mass is 10.0. The molecule has 0 aliphatic rings. The summed E-state index contributed by atoms with van der Waals surface area (Å²) in [5.41, 5.74) is 0.372. The Morgan fingerprint density at radius 1 is 1.23 bits per heavy atom. The second-order valence-electron chi connectivity index (χ2n) is 5.41. The maximum Gasteiger partial charge on any atom is 0.247 e. The molecule has 0 atom stereocenters. The van der Waals surface area contributed by atoms with Gasteiger partial charge in [-0.3, -0.25) is 4.79 Å². The number of carbonyl (C=O) groups is 1. The zero-order valence-electron chi connectivity index (χ0n) is 13.2. The first-order valence-corrected chi connectivity index (χ1v) is 8.74. The summed E-state index contributed by atoms with van der Waals surface area (Å²) in [6.45, 7) is 0.157.